The van der Waals surface area contributed by atoms with Gasteiger partial charge in [-0.25, -0.2) is 0 Å². The minimum absolute atomic E-state index is 0.829. The predicted molar refractivity (Wildman–Crippen MR) is 119 cm³/mol. The highest BCUT2D eigenvalue weighted by atomic mass is 32.1. The van der Waals surface area contributed by atoms with Gasteiger partial charge in [0.25, 0.3) is 0 Å². The minimum atomic E-state index is 0.829. The van der Waals surface area contributed by atoms with Crippen LogP contribution in [-0.4, -0.2) is 67.6 Å². The minimum Gasteiger partial charge on any atom is -0.379 e. The van der Waals surface area contributed by atoms with Crippen LogP contribution >= 0.6 is 12.2 Å². The van der Waals surface area contributed by atoms with Gasteiger partial charge in [0.1, 0.15) is 0 Å². The molecule has 2 aliphatic rings. The van der Waals surface area contributed by atoms with E-state index >= 15 is 0 Å². The molecule has 0 bridgehead atoms. The molecule has 6 heteroatoms. The second-order valence-corrected chi connectivity index (χ2v) is 7.66. The van der Waals surface area contributed by atoms with Crippen LogP contribution in [0.5, 0.6) is 0 Å². The Bertz CT molecular complexity index is 700. The second-order valence-electron chi connectivity index (χ2n) is 7.29. The molecule has 2 saturated heterocycles. The van der Waals surface area contributed by atoms with E-state index in [2.05, 4.69) is 68.1 Å². The zero-order chi connectivity index (χ0) is 19.2. The number of rotatable bonds is 6. The first-order valence-electron chi connectivity index (χ1n) is 10.0. The summed E-state index contributed by atoms with van der Waals surface area (Å²) in [4.78, 5) is 9.46. The molecule has 4 rings (SSSR count). The summed E-state index contributed by atoms with van der Waals surface area (Å²) < 4.78 is 5.45. The van der Waals surface area contributed by atoms with Crippen LogP contribution in [0.1, 0.15) is 6.42 Å². The number of thiocarbonyl (C=S) groups is 1. The van der Waals surface area contributed by atoms with Crippen LogP contribution in [-0.2, 0) is 4.74 Å². The van der Waals surface area contributed by atoms with Crippen LogP contribution in [0.4, 0.5) is 11.4 Å². The largest absolute Gasteiger partial charge is 0.379 e. The summed E-state index contributed by atoms with van der Waals surface area (Å²) in [6, 6.07) is 20.9. The van der Waals surface area contributed by atoms with Gasteiger partial charge < -0.3 is 14.5 Å². The van der Waals surface area contributed by atoms with E-state index in [1.54, 1.807) is 0 Å². The van der Waals surface area contributed by atoms with Crippen molar-refractivity contribution in [2.24, 2.45) is 0 Å². The average molecular weight is 397 g/mol. The fourth-order valence-electron chi connectivity index (χ4n) is 3.80. The quantitative estimate of drug-likeness (QED) is 0.695. The van der Waals surface area contributed by atoms with E-state index in [1.165, 1.54) is 0 Å². The lowest BCUT2D eigenvalue weighted by atomic mass is 10.2. The summed E-state index contributed by atoms with van der Waals surface area (Å²) in [5, 5.41) is 0.863. The maximum absolute atomic E-state index is 5.88. The third kappa shape index (κ3) is 4.70. The smallest absolute Gasteiger partial charge is 0.182 e. The number of nitrogens with zero attached hydrogens (tertiary/aromatic N) is 4. The van der Waals surface area contributed by atoms with Crippen LogP contribution in [0.25, 0.3) is 0 Å². The number of hydrogen-bond donors (Lipinski definition) is 0. The fourth-order valence-corrected chi connectivity index (χ4v) is 4.12. The van der Waals surface area contributed by atoms with E-state index in [0.29, 0.717) is 0 Å². The van der Waals surface area contributed by atoms with Gasteiger partial charge in [0.15, 0.2) is 5.11 Å². The molecule has 0 radical (unpaired) electrons. The number of hydrogen-bond acceptors (Lipinski definition) is 4. The standard InChI is InChI=1S/C22H28N4OS/c28-22-25(20-8-3-1-4-9-20)18-24(13-7-12-23-14-16-27-17-15-23)19-26(22)21-10-5-2-6-11-21/h1-6,8-11H,7,12-19H2. The van der Waals surface area contributed by atoms with Gasteiger partial charge in [-0.15, -0.1) is 0 Å². The Labute approximate surface area is 173 Å². The first-order chi connectivity index (χ1) is 13.8. The van der Waals surface area contributed by atoms with Gasteiger partial charge in [0, 0.05) is 31.0 Å². The summed E-state index contributed by atoms with van der Waals surface area (Å²) in [5.41, 5.74) is 2.29. The van der Waals surface area contributed by atoms with Crippen molar-refractivity contribution in [1.29, 1.82) is 0 Å². The molecule has 0 aromatic heterocycles. The van der Waals surface area contributed by atoms with Gasteiger partial charge in [-0.2, -0.15) is 0 Å². The SMILES string of the molecule is S=C1N(c2ccccc2)CN(CCCN2CCOCC2)CN1c1ccccc1. The first kappa shape index (κ1) is 19.3. The molecule has 0 amide bonds. The third-order valence-electron chi connectivity index (χ3n) is 5.33. The van der Waals surface area contributed by atoms with Gasteiger partial charge in [0.2, 0.25) is 0 Å². The number of morpholine rings is 1. The molecule has 2 heterocycles. The van der Waals surface area contributed by atoms with Crippen molar-refractivity contribution in [3.63, 3.8) is 0 Å². The number of anilines is 2. The Morgan fingerprint density at radius 2 is 1.21 bits per heavy atom. The molecule has 0 spiro atoms. The molecule has 0 saturated carbocycles. The van der Waals surface area contributed by atoms with E-state index in [0.717, 1.165) is 75.6 Å². The molecule has 148 valence electrons. The van der Waals surface area contributed by atoms with E-state index in [9.17, 15) is 0 Å². The molecule has 0 aliphatic carbocycles. The molecule has 0 atom stereocenters. The van der Waals surface area contributed by atoms with Crippen molar-refractivity contribution in [2.75, 3.05) is 62.5 Å². The van der Waals surface area contributed by atoms with Gasteiger partial charge in [-0.3, -0.25) is 9.80 Å². The van der Waals surface area contributed by atoms with Crippen molar-refractivity contribution in [2.45, 2.75) is 6.42 Å². The average Bonchev–Trinajstić information content (AvgIpc) is 2.77. The van der Waals surface area contributed by atoms with Crippen molar-refractivity contribution in [1.82, 2.24) is 9.80 Å². The van der Waals surface area contributed by atoms with Crippen molar-refractivity contribution < 1.29 is 4.74 Å². The molecule has 2 aromatic rings. The number of ether oxygens (including phenoxy) is 1. The maximum atomic E-state index is 5.88. The summed E-state index contributed by atoms with van der Waals surface area (Å²) in [6.45, 7) is 7.66. The molecule has 0 N–H and O–H groups in total. The zero-order valence-electron chi connectivity index (χ0n) is 16.2. The third-order valence-corrected chi connectivity index (χ3v) is 5.77. The molecule has 0 unspecified atom stereocenters. The van der Waals surface area contributed by atoms with Crippen LogP contribution in [0.15, 0.2) is 60.7 Å². The fraction of sp³-hybridized carbons (Fsp3) is 0.409. The molecule has 2 aromatic carbocycles. The Hall–Kier alpha value is -1.99. The predicted octanol–water partition coefficient (Wildman–Crippen LogP) is 3.24. The van der Waals surface area contributed by atoms with E-state index in [1.807, 2.05) is 12.1 Å². The highest BCUT2D eigenvalue weighted by molar-refractivity contribution is 7.80. The molecular weight excluding hydrogens is 368 g/mol. The lowest BCUT2D eigenvalue weighted by Crippen LogP contribution is -2.58. The molecule has 2 fully saturated rings. The molecule has 28 heavy (non-hydrogen) atoms. The summed E-state index contributed by atoms with van der Waals surface area (Å²) in [6.07, 6.45) is 1.15. The highest BCUT2D eigenvalue weighted by Crippen LogP contribution is 2.25. The number of benzene rings is 2. The molecule has 2 aliphatic heterocycles. The second kappa shape index (κ2) is 9.47. The van der Waals surface area contributed by atoms with Gasteiger partial charge >= 0.3 is 0 Å². The first-order valence-corrected chi connectivity index (χ1v) is 10.4. The van der Waals surface area contributed by atoms with E-state index < -0.39 is 0 Å². The molecular formula is C22H28N4OS. The van der Waals surface area contributed by atoms with Crippen molar-refractivity contribution in [3.8, 4) is 0 Å². The lowest BCUT2D eigenvalue weighted by Gasteiger charge is -2.44. The van der Waals surface area contributed by atoms with Crippen molar-refractivity contribution >= 4 is 28.7 Å². The van der Waals surface area contributed by atoms with Crippen LogP contribution in [0, 0.1) is 0 Å². The zero-order valence-corrected chi connectivity index (χ0v) is 17.1. The maximum Gasteiger partial charge on any atom is 0.182 e. The van der Waals surface area contributed by atoms with Crippen molar-refractivity contribution in [3.05, 3.63) is 60.7 Å². The van der Waals surface area contributed by atoms with E-state index in [-0.39, 0.29) is 0 Å². The van der Waals surface area contributed by atoms with Gasteiger partial charge in [0.05, 0.1) is 26.6 Å². The topological polar surface area (TPSA) is 22.2 Å². The van der Waals surface area contributed by atoms with Gasteiger partial charge in [-0.05, 0) is 49.4 Å². The van der Waals surface area contributed by atoms with Crippen LogP contribution in [0.3, 0.4) is 0 Å². The summed E-state index contributed by atoms with van der Waals surface area (Å²) in [7, 11) is 0. The Balaban J connectivity index is 1.46. The summed E-state index contributed by atoms with van der Waals surface area (Å²) in [5.74, 6) is 0. The van der Waals surface area contributed by atoms with Crippen LogP contribution in [0.2, 0.25) is 0 Å². The Kier molecular flexibility index (Phi) is 6.54. The Morgan fingerprint density at radius 3 is 1.75 bits per heavy atom. The van der Waals surface area contributed by atoms with E-state index in [4.69, 9.17) is 17.0 Å². The Morgan fingerprint density at radius 1 is 0.714 bits per heavy atom. The number of para-hydroxylation sites is 2. The normalized spacial score (nSPS) is 19.2. The lowest BCUT2D eigenvalue weighted by molar-refractivity contribution is 0.0361. The monoisotopic (exact) mass is 396 g/mol. The van der Waals surface area contributed by atoms with Crippen LogP contribution < -0.4 is 9.80 Å². The molecule has 5 nitrogen and oxygen atoms in total. The highest BCUT2D eigenvalue weighted by Gasteiger charge is 2.29. The van der Waals surface area contributed by atoms with Gasteiger partial charge in [-0.1, -0.05) is 36.4 Å². The summed E-state index contributed by atoms with van der Waals surface area (Å²) >= 11 is 5.88.